The molecule has 30 heavy (non-hydrogen) atoms. The molecule has 0 aliphatic rings. The third kappa shape index (κ3) is 5.11. The molecule has 4 aromatic rings. The van der Waals surface area contributed by atoms with Gasteiger partial charge in [0, 0.05) is 40.8 Å². The number of aromatic nitrogens is 1. The Bertz CT molecular complexity index is 1170. The van der Waals surface area contributed by atoms with E-state index in [4.69, 9.17) is 23.2 Å². The first-order valence-electron chi connectivity index (χ1n) is 9.80. The number of hydrogen-bond acceptors (Lipinski definition) is 2. The summed E-state index contributed by atoms with van der Waals surface area (Å²) >= 11 is 12.1. The largest absolute Gasteiger partial charge is 0.322 e. The lowest BCUT2D eigenvalue weighted by Gasteiger charge is -2.23. The summed E-state index contributed by atoms with van der Waals surface area (Å²) < 4.78 is 0. The molecule has 1 heterocycles. The van der Waals surface area contributed by atoms with E-state index in [1.807, 2.05) is 73.7 Å². The van der Waals surface area contributed by atoms with Crippen LogP contribution in [-0.2, 0) is 19.6 Å². The Morgan fingerprint density at radius 2 is 1.33 bits per heavy atom. The van der Waals surface area contributed by atoms with Gasteiger partial charge in [0.25, 0.3) is 5.56 Å². The highest BCUT2D eigenvalue weighted by molar-refractivity contribution is 6.30. The smallest absolute Gasteiger partial charge is 0.252 e. The van der Waals surface area contributed by atoms with Crippen molar-refractivity contribution in [2.75, 3.05) is 0 Å². The summed E-state index contributed by atoms with van der Waals surface area (Å²) in [5.41, 5.74) is 4.96. The number of H-pyrrole nitrogens is 1. The van der Waals surface area contributed by atoms with E-state index in [2.05, 4.69) is 16.0 Å². The lowest BCUT2D eigenvalue weighted by Crippen LogP contribution is -2.26. The number of nitrogens with one attached hydrogen (secondary N) is 1. The molecule has 0 saturated heterocycles. The van der Waals surface area contributed by atoms with Crippen LogP contribution in [0.25, 0.3) is 10.9 Å². The van der Waals surface area contributed by atoms with Crippen molar-refractivity contribution in [2.45, 2.75) is 26.6 Å². The first kappa shape index (κ1) is 20.7. The zero-order valence-electron chi connectivity index (χ0n) is 16.7. The summed E-state index contributed by atoms with van der Waals surface area (Å²) in [4.78, 5) is 18.0. The molecule has 3 nitrogen and oxygen atoms in total. The van der Waals surface area contributed by atoms with Gasteiger partial charge < -0.3 is 4.98 Å². The van der Waals surface area contributed by atoms with Crippen LogP contribution in [0.5, 0.6) is 0 Å². The van der Waals surface area contributed by atoms with Crippen LogP contribution in [0.4, 0.5) is 0 Å². The number of pyridine rings is 1. The van der Waals surface area contributed by atoms with E-state index in [9.17, 15) is 4.79 Å². The summed E-state index contributed by atoms with van der Waals surface area (Å²) in [5, 5.41) is 2.46. The predicted molar refractivity (Wildman–Crippen MR) is 125 cm³/mol. The normalized spacial score (nSPS) is 11.3. The van der Waals surface area contributed by atoms with Crippen LogP contribution >= 0.6 is 23.2 Å². The molecule has 3 aromatic carbocycles. The summed E-state index contributed by atoms with van der Waals surface area (Å²) in [7, 11) is 0. The van der Waals surface area contributed by atoms with E-state index in [0.717, 1.165) is 33.2 Å². The van der Waals surface area contributed by atoms with Gasteiger partial charge in [-0.3, -0.25) is 9.69 Å². The summed E-state index contributed by atoms with van der Waals surface area (Å²) in [6.45, 7) is 3.95. The monoisotopic (exact) mass is 436 g/mol. The highest BCUT2D eigenvalue weighted by Crippen LogP contribution is 2.19. The molecular weight excluding hydrogens is 415 g/mol. The lowest BCUT2D eigenvalue weighted by molar-refractivity contribution is 0.247. The van der Waals surface area contributed by atoms with E-state index in [0.29, 0.717) is 29.7 Å². The first-order chi connectivity index (χ1) is 14.5. The zero-order valence-corrected chi connectivity index (χ0v) is 18.2. The number of hydrogen-bond donors (Lipinski definition) is 1. The molecule has 0 spiro atoms. The number of nitrogens with zero attached hydrogens (tertiary/aromatic N) is 1. The molecule has 4 rings (SSSR count). The van der Waals surface area contributed by atoms with Gasteiger partial charge in [-0.15, -0.1) is 0 Å². The van der Waals surface area contributed by atoms with Crippen LogP contribution in [0.2, 0.25) is 10.0 Å². The Morgan fingerprint density at radius 3 is 1.90 bits per heavy atom. The molecule has 152 valence electrons. The quantitative estimate of drug-likeness (QED) is 0.382. The third-order valence-corrected chi connectivity index (χ3v) is 5.62. The van der Waals surface area contributed by atoms with Gasteiger partial charge in [-0.05, 0) is 65.4 Å². The van der Waals surface area contributed by atoms with Crippen LogP contribution < -0.4 is 5.56 Å². The Labute approximate surface area is 185 Å². The number of fused-ring (bicyclic) bond motifs is 1. The maximum absolute atomic E-state index is 12.8. The molecule has 1 N–H and O–H groups in total. The third-order valence-electron chi connectivity index (χ3n) is 5.11. The zero-order chi connectivity index (χ0) is 21.1. The second-order valence-corrected chi connectivity index (χ2v) is 8.49. The minimum absolute atomic E-state index is 0.0506. The van der Waals surface area contributed by atoms with Gasteiger partial charge in [-0.1, -0.05) is 59.6 Å². The van der Waals surface area contributed by atoms with Gasteiger partial charge in [-0.25, -0.2) is 0 Å². The van der Waals surface area contributed by atoms with E-state index in [-0.39, 0.29) is 5.56 Å². The second-order valence-electron chi connectivity index (χ2n) is 7.61. The second kappa shape index (κ2) is 9.05. The summed E-state index contributed by atoms with van der Waals surface area (Å²) in [6.07, 6.45) is 0. The Kier molecular flexibility index (Phi) is 6.24. The number of benzene rings is 3. The van der Waals surface area contributed by atoms with Gasteiger partial charge >= 0.3 is 0 Å². The van der Waals surface area contributed by atoms with Crippen molar-refractivity contribution in [3.8, 4) is 0 Å². The van der Waals surface area contributed by atoms with E-state index < -0.39 is 0 Å². The minimum Gasteiger partial charge on any atom is -0.322 e. The van der Waals surface area contributed by atoms with Crippen molar-refractivity contribution >= 4 is 34.1 Å². The number of aromatic amines is 1. The predicted octanol–water partition coefficient (Wildman–Crippen LogP) is 6.35. The Morgan fingerprint density at radius 1 is 0.767 bits per heavy atom. The molecule has 5 heteroatoms. The maximum Gasteiger partial charge on any atom is 0.252 e. The van der Waals surface area contributed by atoms with Crippen molar-refractivity contribution in [3.63, 3.8) is 0 Å². The standard InChI is InChI=1S/C25H22Cl2N2O/c1-17-2-7-20-13-21(25(30)28-24(20)12-17)16-29(14-18-3-8-22(26)9-4-18)15-19-5-10-23(27)11-6-19/h2-13H,14-16H2,1H3,(H,28,30). The highest BCUT2D eigenvalue weighted by atomic mass is 35.5. The molecule has 0 amide bonds. The van der Waals surface area contributed by atoms with Gasteiger partial charge in [0.15, 0.2) is 0 Å². The van der Waals surface area contributed by atoms with Crippen LogP contribution in [-0.4, -0.2) is 9.88 Å². The maximum atomic E-state index is 12.8. The fourth-order valence-electron chi connectivity index (χ4n) is 3.58. The molecule has 1 aromatic heterocycles. The van der Waals surface area contributed by atoms with Crippen LogP contribution in [0.1, 0.15) is 22.3 Å². The van der Waals surface area contributed by atoms with Crippen molar-refractivity contribution < 1.29 is 0 Å². The average molecular weight is 437 g/mol. The molecule has 0 aliphatic carbocycles. The molecule has 0 fully saturated rings. The lowest BCUT2D eigenvalue weighted by atomic mass is 10.1. The SMILES string of the molecule is Cc1ccc2cc(CN(Cc3ccc(Cl)cc3)Cc3ccc(Cl)cc3)c(=O)[nH]c2c1. The Balaban J connectivity index is 1.64. The molecular formula is C25H22Cl2N2O. The van der Waals surface area contributed by atoms with Gasteiger partial charge in [0.1, 0.15) is 0 Å². The molecule has 0 unspecified atom stereocenters. The average Bonchev–Trinajstić information content (AvgIpc) is 2.72. The fourth-order valence-corrected chi connectivity index (χ4v) is 3.83. The summed E-state index contributed by atoms with van der Waals surface area (Å²) in [5.74, 6) is 0. The van der Waals surface area contributed by atoms with Crippen LogP contribution in [0.15, 0.2) is 77.6 Å². The number of aryl methyl sites for hydroxylation is 1. The van der Waals surface area contributed by atoms with Crippen molar-refractivity contribution in [2.24, 2.45) is 0 Å². The van der Waals surface area contributed by atoms with Crippen LogP contribution in [0, 0.1) is 6.92 Å². The fraction of sp³-hybridized carbons (Fsp3) is 0.160. The molecule has 0 radical (unpaired) electrons. The molecule has 0 atom stereocenters. The minimum atomic E-state index is -0.0506. The molecule has 0 saturated carbocycles. The van der Waals surface area contributed by atoms with Crippen molar-refractivity contribution in [3.05, 3.63) is 115 Å². The first-order valence-corrected chi connectivity index (χ1v) is 10.6. The van der Waals surface area contributed by atoms with E-state index >= 15 is 0 Å². The van der Waals surface area contributed by atoms with E-state index in [1.54, 1.807) is 0 Å². The van der Waals surface area contributed by atoms with Crippen LogP contribution in [0.3, 0.4) is 0 Å². The Hall–Kier alpha value is -2.59. The van der Waals surface area contributed by atoms with Crippen molar-refractivity contribution in [1.82, 2.24) is 9.88 Å². The van der Waals surface area contributed by atoms with Gasteiger partial charge in [-0.2, -0.15) is 0 Å². The van der Waals surface area contributed by atoms with Crippen molar-refractivity contribution in [1.29, 1.82) is 0 Å². The topological polar surface area (TPSA) is 36.1 Å². The molecule has 0 aliphatic heterocycles. The summed E-state index contributed by atoms with van der Waals surface area (Å²) in [6, 6.07) is 23.7. The van der Waals surface area contributed by atoms with Gasteiger partial charge in [0.05, 0.1) is 0 Å². The highest BCUT2D eigenvalue weighted by Gasteiger charge is 2.12. The van der Waals surface area contributed by atoms with Gasteiger partial charge in [0.2, 0.25) is 0 Å². The van der Waals surface area contributed by atoms with E-state index in [1.165, 1.54) is 0 Å². The number of halogens is 2. The molecule has 0 bridgehead atoms. The number of rotatable bonds is 6.